The molecule has 1 aliphatic heterocycles. The average molecular weight is 590 g/mol. The number of fused-ring (bicyclic) bond motifs is 1. The molecule has 1 aromatic heterocycles. The number of ether oxygens (including phenoxy) is 1. The number of aliphatic hydroxyl groups is 1. The quantitative estimate of drug-likeness (QED) is 0.341. The van der Waals surface area contributed by atoms with Crippen molar-refractivity contribution in [3.63, 3.8) is 0 Å². The number of benzene rings is 1. The van der Waals surface area contributed by atoms with Crippen molar-refractivity contribution in [3.05, 3.63) is 69.5 Å². The van der Waals surface area contributed by atoms with Crippen molar-refractivity contribution in [2.45, 2.75) is 136 Å². The molecule has 42 heavy (non-hydrogen) atoms. The highest BCUT2D eigenvalue weighted by Gasteiger charge is 2.49. The van der Waals surface area contributed by atoms with Crippen molar-refractivity contribution in [1.29, 1.82) is 0 Å². The Morgan fingerprint density at radius 2 is 1.71 bits per heavy atom. The summed E-state index contributed by atoms with van der Waals surface area (Å²) in [4.78, 5) is 5.51. The van der Waals surface area contributed by atoms with E-state index >= 15 is 0 Å². The van der Waals surface area contributed by atoms with Gasteiger partial charge in [-0.25, -0.2) is 0 Å². The fourth-order valence-corrected chi connectivity index (χ4v) is 8.19. The van der Waals surface area contributed by atoms with Crippen LogP contribution in [0.25, 0.3) is 5.57 Å². The SMILES string of the molecule is CC(C)c1nc2c(c(C3=CCOCC3)c1[C@H](O)c1ccc(C(C)(C)C)cc1)[C@@H](O[Si](C)(C)C(C)(C)C)CC1(CCC1)C2. The summed E-state index contributed by atoms with van der Waals surface area (Å²) in [6.07, 6.45) is 8.23. The number of aromatic nitrogens is 1. The molecule has 0 radical (unpaired) electrons. The fraction of sp³-hybridized carbons (Fsp3) is 0.649. The summed E-state index contributed by atoms with van der Waals surface area (Å²) in [5, 5.41) is 12.4. The number of nitrogens with zero attached hydrogens (tertiary/aromatic N) is 1. The Bertz CT molecular complexity index is 1320. The van der Waals surface area contributed by atoms with Gasteiger partial charge in [-0.2, -0.15) is 0 Å². The Hall–Kier alpha value is -1.79. The van der Waals surface area contributed by atoms with E-state index in [-0.39, 0.29) is 22.5 Å². The predicted molar refractivity (Wildman–Crippen MR) is 177 cm³/mol. The van der Waals surface area contributed by atoms with Crippen LogP contribution in [0.3, 0.4) is 0 Å². The van der Waals surface area contributed by atoms with E-state index < -0.39 is 14.4 Å². The van der Waals surface area contributed by atoms with Gasteiger partial charge in [0.2, 0.25) is 0 Å². The van der Waals surface area contributed by atoms with E-state index in [9.17, 15) is 5.11 Å². The van der Waals surface area contributed by atoms with Crippen LogP contribution in [0.2, 0.25) is 18.1 Å². The Balaban J connectivity index is 1.75. The number of pyridine rings is 1. The summed E-state index contributed by atoms with van der Waals surface area (Å²) in [6, 6.07) is 8.58. The molecule has 4 nitrogen and oxygen atoms in total. The Labute approximate surface area is 256 Å². The first-order valence-electron chi connectivity index (χ1n) is 16.3. The first-order chi connectivity index (χ1) is 19.5. The zero-order valence-electron chi connectivity index (χ0n) is 28.0. The normalized spacial score (nSPS) is 21.6. The molecular weight excluding hydrogens is 534 g/mol. The monoisotopic (exact) mass is 589 g/mol. The number of rotatable bonds is 6. The van der Waals surface area contributed by atoms with Crippen LogP contribution in [-0.4, -0.2) is 31.6 Å². The zero-order valence-corrected chi connectivity index (χ0v) is 29.0. The summed E-state index contributed by atoms with van der Waals surface area (Å²) in [5.41, 5.74) is 9.54. The number of hydrogen-bond donors (Lipinski definition) is 1. The van der Waals surface area contributed by atoms with Crippen molar-refractivity contribution in [3.8, 4) is 0 Å². The van der Waals surface area contributed by atoms with Crippen molar-refractivity contribution in [2.75, 3.05) is 13.2 Å². The molecule has 1 aromatic carbocycles. The van der Waals surface area contributed by atoms with Crippen molar-refractivity contribution in [2.24, 2.45) is 5.41 Å². The van der Waals surface area contributed by atoms with E-state index in [2.05, 4.69) is 98.8 Å². The molecule has 0 amide bonds. The van der Waals surface area contributed by atoms with E-state index in [0.29, 0.717) is 18.6 Å². The summed E-state index contributed by atoms with van der Waals surface area (Å²) >= 11 is 0. The molecule has 5 rings (SSSR count). The minimum absolute atomic E-state index is 0.00313. The standard InChI is InChI=1S/C37H55NO3Si/c1-24(2)33-32(34(39)26-12-14-27(15-13-26)35(3,4)5)30(25-16-20-40-21-17-25)31-28(38-33)22-37(18-11-19-37)23-29(31)41-42(9,10)36(6,7)8/h12-16,24,29,34,39H,11,17-23H2,1-10H3/t29-,34+/m0/s1. The molecule has 5 heteroatoms. The van der Waals surface area contributed by atoms with Gasteiger partial charge < -0.3 is 14.3 Å². The van der Waals surface area contributed by atoms with Gasteiger partial charge in [0.25, 0.3) is 0 Å². The van der Waals surface area contributed by atoms with Gasteiger partial charge >= 0.3 is 0 Å². The molecule has 2 heterocycles. The number of aliphatic hydroxyl groups excluding tert-OH is 1. The maximum Gasteiger partial charge on any atom is 0.192 e. The molecule has 230 valence electrons. The highest BCUT2D eigenvalue weighted by atomic mass is 28.4. The zero-order chi connectivity index (χ0) is 30.7. The van der Waals surface area contributed by atoms with Crippen molar-refractivity contribution >= 4 is 13.9 Å². The molecular formula is C37H55NO3Si. The fourth-order valence-electron chi connectivity index (χ4n) is 6.93. The van der Waals surface area contributed by atoms with E-state index in [1.165, 1.54) is 47.2 Å². The maximum absolute atomic E-state index is 12.3. The summed E-state index contributed by atoms with van der Waals surface area (Å²) in [6.45, 7) is 24.2. The smallest absolute Gasteiger partial charge is 0.192 e. The van der Waals surface area contributed by atoms with Gasteiger partial charge in [0, 0.05) is 22.5 Å². The second-order valence-electron chi connectivity index (χ2n) is 16.2. The summed E-state index contributed by atoms with van der Waals surface area (Å²) in [5.74, 6) is 0.187. The minimum Gasteiger partial charge on any atom is -0.410 e. The van der Waals surface area contributed by atoms with Crippen LogP contribution in [-0.2, 0) is 21.0 Å². The highest BCUT2D eigenvalue weighted by molar-refractivity contribution is 6.74. The third kappa shape index (κ3) is 5.96. The van der Waals surface area contributed by atoms with E-state index in [4.69, 9.17) is 14.1 Å². The molecule has 0 saturated heterocycles. The second-order valence-corrected chi connectivity index (χ2v) is 21.0. The third-order valence-corrected chi connectivity index (χ3v) is 15.2. The van der Waals surface area contributed by atoms with Crippen molar-refractivity contribution < 1.29 is 14.3 Å². The molecule has 1 N–H and O–H groups in total. The first kappa shape index (κ1) is 31.6. The largest absolute Gasteiger partial charge is 0.410 e. The summed E-state index contributed by atoms with van der Waals surface area (Å²) in [7, 11) is -2.09. The van der Waals surface area contributed by atoms with Crippen LogP contribution in [0.15, 0.2) is 30.3 Å². The van der Waals surface area contributed by atoms with E-state index in [1.54, 1.807) is 0 Å². The lowest BCUT2D eigenvalue weighted by Crippen LogP contribution is -2.46. The van der Waals surface area contributed by atoms with Crippen LogP contribution in [0.1, 0.15) is 145 Å². The molecule has 0 bridgehead atoms. The second kappa shape index (κ2) is 11.3. The Morgan fingerprint density at radius 3 is 2.21 bits per heavy atom. The first-order valence-corrected chi connectivity index (χ1v) is 19.2. The van der Waals surface area contributed by atoms with Gasteiger partial charge in [0.15, 0.2) is 8.32 Å². The van der Waals surface area contributed by atoms with E-state index in [1.807, 2.05) is 0 Å². The molecule has 0 unspecified atom stereocenters. The van der Waals surface area contributed by atoms with Gasteiger partial charge in [0.1, 0.15) is 6.10 Å². The van der Waals surface area contributed by atoms with Gasteiger partial charge in [-0.3, -0.25) is 4.98 Å². The maximum atomic E-state index is 12.3. The van der Waals surface area contributed by atoms with Crippen LogP contribution in [0.4, 0.5) is 0 Å². The Kier molecular flexibility index (Phi) is 8.50. The van der Waals surface area contributed by atoms with Crippen molar-refractivity contribution in [1.82, 2.24) is 4.98 Å². The van der Waals surface area contributed by atoms with Gasteiger partial charge in [-0.15, -0.1) is 0 Å². The number of hydrogen-bond acceptors (Lipinski definition) is 4. The molecule has 2 aliphatic carbocycles. The predicted octanol–water partition coefficient (Wildman–Crippen LogP) is 9.57. The third-order valence-electron chi connectivity index (χ3n) is 10.7. The summed E-state index contributed by atoms with van der Waals surface area (Å²) < 4.78 is 13.2. The average Bonchev–Trinajstić information content (AvgIpc) is 2.89. The van der Waals surface area contributed by atoms with Gasteiger partial charge in [0.05, 0.1) is 19.3 Å². The van der Waals surface area contributed by atoms with Gasteiger partial charge in [-0.1, -0.05) is 92.2 Å². The van der Waals surface area contributed by atoms with Gasteiger partial charge in [-0.05, 0) is 89.2 Å². The topological polar surface area (TPSA) is 51.6 Å². The molecule has 3 aliphatic rings. The van der Waals surface area contributed by atoms with Crippen LogP contribution in [0, 0.1) is 5.41 Å². The lowest BCUT2D eigenvalue weighted by molar-refractivity contribution is 0.0296. The van der Waals surface area contributed by atoms with Crippen LogP contribution >= 0.6 is 0 Å². The molecule has 1 saturated carbocycles. The molecule has 2 aromatic rings. The lowest BCUT2D eigenvalue weighted by atomic mass is 9.59. The highest BCUT2D eigenvalue weighted by Crippen LogP contribution is 2.57. The Morgan fingerprint density at radius 1 is 1.05 bits per heavy atom. The lowest BCUT2D eigenvalue weighted by Gasteiger charge is -2.51. The van der Waals surface area contributed by atoms with E-state index in [0.717, 1.165) is 36.1 Å². The molecule has 1 fully saturated rings. The molecule has 1 spiro atoms. The minimum atomic E-state index is -2.09. The van der Waals surface area contributed by atoms with Crippen LogP contribution < -0.4 is 0 Å². The van der Waals surface area contributed by atoms with Crippen LogP contribution in [0.5, 0.6) is 0 Å². The molecule has 2 atom stereocenters.